The van der Waals surface area contributed by atoms with Crippen LogP contribution in [0.15, 0.2) is 48.8 Å². The standard InChI is InChI=1S/C24H26N4O2/c1-16-11-20(18-6-8-21(30-3)9-7-18)12-22(27-16)19-5-4-10-28(15-19)24(29)23-14-25-17(2)13-26-23/h6-9,11-14,19H,4-5,10,15H2,1-3H3/t19-/m1/s1. The Morgan fingerprint density at radius 1 is 1.03 bits per heavy atom. The summed E-state index contributed by atoms with van der Waals surface area (Å²) >= 11 is 0. The van der Waals surface area contributed by atoms with Gasteiger partial charge in [-0.25, -0.2) is 4.98 Å². The number of hydrogen-bond donors (Lipinski definition) is 0. The average Bonchev–Trinajstić information content (AvgIpc) is 2.79. The zero-order chi connectivity index (χ0) is 21.1. The van der Waals surface area contributed by atoms with Crippen LogP contribution >= 0.6 is 0 Å². The van der Waals surface area contributed by atoms with E-state index in [2.05, 4.69) is 34.2 Å². The van der Waals surface area contributed by atoms with Crippen molar-refractivity contribution in [1.82, 2.24) is 19.9 Å². The van der Waals surface area contributed by atoms with Crippen LogP contribution in [0.4, 0.5) is 0 Å². The molecule has 1 amide bonds. The molecule has 3 heterocycles. The van der Waals surface area contributed by atoms with Crippen molar-refractivity contribution in [3.05, 3.63) is 71.6 Å². The van der Waals surface area contributed by atoms with Crippen LogP contribution < -0.4 is 4.74 Å². The topological polar surface area (TPSA) is 68.2 Å². The molecule has 0 bridgehead atoms. The van der Waals surface area contributed by atoms with E-state index in [0.29, 0.717) is 12.2 Å². The third-order valence-corrected chi connectivity index (χ3v) is 5.52. The highest BCUT2D eigenvalue weighted by Crippen LogP contribution is 2.30. The van der Waals surface area contributed by atoms with Crippen molar-refractivity contribution >= 4 is 5.91 Å². The molecule has 154 valence electrons. The van der Waals surface area contributed by atoms with Gasteiger partial charge in [0.1, 0.15) is 11.4 Å². The molecule has 0 aliphatic carbocycles. The van der Waals surface area contributed by atoms with E-state index in [9.17, 15) is 4.79 Å². The first-order valence-corrected chi connectivity index (χ1v) is 10.2. The normalized spacial score (nSPS) is 16.4. The van der Waals surface area contributed by atoms with Crippen molar-refractivity contribution in [2.75, 3.05) is 20.2 Å². The van der Waals surface area contributed by atoms with E-state index >= 15 is 0 Å². The van der Waals surface area contributed by atoms with Gasteiger partial charge in [-0.3, -0.25) is 14.8 Å². The van der Waals surface area contributed by atoms with Gasteiger partial charge in [0, 0.05) is 36.6 Å². The molecule has 6 heteroatoms. The number of nitrogens with zero attached hydrogens (tertiary/aromatic N) is 4. The molecule has 4 rings (SSSR count). The Hall–Kier alpha value is -3.28. The summed E-state index contributed by atoms with van der Waals surface area (Å²) in [6, 6.07) is 12.3. The number of methoxy groups -OCH3 is 1. The number of likely N-dealkylation sites (tertiary alicyclic amines) is 1. The third kappa shape index (κ3) is 4.32. The van der Waals surface area contributed by atoms with Gasteiger partial charge >= 0.3 is 0 Å². The number of aromatic nitrogens is 3. The molecule has 0 spiro atoms. The predicted octanol–water partition coefficient (Wildman–Crippen LogP) is 4.18. The molecule has 6 nitrogen and oxygen atoms in total. The highest BCUT2D eigenvalue weighted by Gasteiger charge is 2.27. The third-order valence-electron chi connectivity index (χ3n) is 5.52. The Morgan fingerprint density at radius 3 is 2.53 bits per heavy atom. The molecule has 1 saturated heterocycles. The maximum absolute atomic E-state index is 12.9. The van der Waals surface area contributed by atoms with Gasteiger partial charge < -0.3 is 9.64 Å². The molecule has 0 saturated carbocycles. The molecule has 30 heavy (non-hydrogen) atoms. The molecular weight excluding hydrogens is 376 g/mol. The number of piperidine rings is 1. The monoisotopic (exact) mass is 402 g/mol. The highest BCUT2D eigenvalue weighted by molar-refractivity contribution is 5.92. The van der Waals surface area contributed by atoms with Crippen LogP contribution in [0.2, 0.25) is 0 Å². The number of ether oxygens (including phenoxy) is 1. The van der Waals surface area contributed by atoms with Crippen LogP contribution in [0, 0.1) is 13.8 Å². The van der Waals surface area contributed by atoms with Gasteiger partial charge in [0.15, 0.2) is 0 Å². The smallest absolute Gasteiger partial charge is 0.274 e. The molecule has 1 aromatic carbocycles. The second-order valence-electron chi connectivity index (χ2n) is 7.78. The minimum Gasteiger partial charge on any atom is -0.497 e. The fourth-order valence-corrected chi connectivity index (χ4v) is 3.92. The summed E-state index contributed by atoms with van der Waals surface area (Å²) < 4.78 is 5.27. The molecular formula is C24H26N4O2. The number of amides is 1. The second-order valence-corrected chi connectivity index (χ2v) is 7.78. The minimum atomic E-state index is -0.0600. The summed E-state index contributed by atoms with van der Waals surface area (Å²) in [4.78, 5) is 28.0. The molecule has 2 aromatic heterocycles. The van der Waals surface area contributed by atoms with E-state index in [1.54, 1.807) is 19.5 Å². The number of pyridine rings is 1. The summed E-state index contributed by atoms with van der Waals surface area (Å²) in [5, 5.41) is 0. The lowest BCUT2D eigenvalue weighted by Gasteiger charge is -2.32. The summed E-state index contributed by atoms with van der Waals surface area (Å²) in [6.07, 6.45) is 5.16. The maximum atomic E-state index is 12.9. The van der Waals surface area contributed by atoms with Crippen LogP contribution in [0.25, 0.3) is 11.1 Å². The highest BCUT2D eigenvalue weighted by atomic mass is 16.5. The van der Waals surface area contributed by atoms with Crippen molar-refractivity contribution in [3.8, 4) is 16.9 Å². The van der Waals surface area contributed by atoms with Crippen molar-refractivity contribution in [1.29, 1.82) is 0 Å². The summed E-state index contributed by atoms with van der Waals surface area (Å²) in [5.74, 6) is 0.985. The van der Waals surface area contributed by atoms with E-state index in [0.717, 1.165) is 53.3 Å². The predicted molar refractivity (Wildman–Crippen MR) is 116 cm³/mol. The lowest BCUT2D eigenvalue weighted by atomic mass is 9.92. The molecule has 0 radical (unpaired) electrons. The zero-order valence-electron chi connectivity index (χ0n) is 17.6. The molecule has 1 atom stereocenters. The number of carbonyl (C=O) groups excluding carboxylic acids is 1. The fraction of sp³-hybridized carbons (Fsp3) is 0.333. The number of benzene rings is 1. The van der Waals surface area contributed by atoms with Crippen molar-refractivity contribution in [2.45, 2.75) is 32.6 Å². The van der Waals surface area contributed by atoms with E-state index in [1.165, 1.54) is 0 Å². The SMILES string of the molecule is COc1ccc(-c2cc(C)nc([C@@H]3CCCN(C(=O)c4cnc(C)cn4)C3)c2)cc1. The molecule has 0 unspecified atom stereocenters. The zero-order valence-corrected chi connectivity index (χ0v) is 17.6. The van der Waals surface area contributed by atoms with Gasteiger partial charge in [0.05, 0.1) is 19.0 Å². The van der Waals surface area contributed by atoms with Gasteiger partial charge in [-0.2, -0.15) is 0 Å². The van der Waals surface area contributed by atoms with Gasteiger partial charge in [-0.05, 0) is 62.1 Å². The van der Waals surface area contributed by atoms with Gasteiger partial charge in [-0.15, -0.1) is 0 Å². The van der Waals surface area contributed by atoms with Crippen LogP contribution in [0.1, 0.15) is 46.3 Å². The summed E-state index contributed by atoms with van der Waals surface area (Å²) in [5.41, 5.74) is 5.48. The van der Waals surface area contributed by atoms with Crippen molar-refractivity contribution < 1.29 is 9.53 Å². The first-order valence-electron chi connectivity index (χ1n) is 10.2. The number of aryl methyl sites for hydroxylation is 2. The van der Waals surface area contributed by atoms with Gasteiger partial charge in [0.2, 0.25) is 0 Å². The molecule has 3 aromatic rings. The van der Waals surface area contributed by atoms with Crippen LogP contribution in [-0.2, 0) is 0 Å². The molecule has 1 fully saturated rings. The van der Waals surface area contributed by atoms with Crippen LogP contribution in [0.3, 0.4) is 0 Å². The first kappa shape index (κ1) is 20.0. The van der Waals surface area contributed by atoms with Crippen molar-refractivity contribution in [3.63, 3.8) is 0 Å². The van der Waals surface area contributed by atoms with Crippen LogP contribution in [-0.4, -0.2) is 46.0 Å². The molecule has 0 N–H and O–H groups in total. The maximum Gasteiger partial charge on any atom is 0.274 e. The van der Waals surface area contributed by atoms with Gasteiger partial charge in [0.25, 0.3) is 5.91 Å². The Labute approximate surface area is 177 Å². The Bertz CT molecular complexity index is 1030. The largest absolute Gasteiger partial charge is 0.497 e. The fourth-order valence-electron chi connectivity index (χ4n) is 3.92. The minimum absolute atomic E-state index is 0.0600. The second kappa shape index (κ2) is 8.61. The Balaban J connectivity index is 1.56. The van der Waals surface area contributed by atoms with E-state index in [1.807, 2.05) is 30.9 Å². The van der Waals surface area contributed by atoms with Crippen molar-refractivity contribution in [2.24, 2.45) is 0 Å². The Morgan fingerprint density at radius 2 is 1.83 bits per heavy atom. The van der Waals surface area contributed by atoms with E-state index < -0.39 is 0 Å². The van der Waals surface area contributed by atoms with Crippen LogP contribution in [0.5, 0.6) is 5.75 Å². The lowest BCUT2D eigenvalue weighted by Crippen LogP contribution is -2.39. The summed E-state index contributed by atoms with van der Waals surface area (Å²) in [6.45, 7) is 5.26. The van der Waals surface area contributed by atoms with Gasteiger partial charge in [-0.1, -0.05) is 12.1 Å². The van der Waals surface area contributed by atoms with E-state index in [-0.39, 0.29) is 11.8 Å². The lowest BCUT2D eigenvalue weighted by molar-refractivity contribution is 0.0699. The number of carbonyl (C=O) groups is 1. The summed E-state index contributed by atoms with van der Waals surface area (Å²) in [7, 11) is 1.67. The quantitative estimate of drug-likeness (QED) is 0.655. The first-order chi connectivity index (χ1) is 14.5. The Kier molecular flexibility index (Phi) is 5.74. The molecule has 1 aliphatic rings. The van der Waals surface area contributed by atoms with E-state index in [4.69, 9.17) is 9.72 Å². The average molecular weight is 402 g/mol. The molecule has 1 aliphatic heterocycles. The number of rotatable bonds is 4. The number of hydrogen-bond acceptors (Lipinski definition) is 5.